The molecular weight excluding hydrogens is 348 g/mol. The van der Waals surface area contributed by atoms with Crippen LogP contribution in [-0.2, 0) is 4.79 Å². The van der Waals surface area contributed by atoms with E-state index < -0.39 is 12.0 Å². The topological polar surface area (TPSA) is 53.4 Å². The first kappa shape index (κ1) is 18.4. The maximum atomic E-state index is 11.8. The van der Waals surface area contributed by atoms with Crippen molar-refractivity contribution in [1.82, 2.24) is 9.88 Å². The summed E-state index contributed by atoms with van der Waals surface area (Å²) in [6.45, 7) is 2.77. The highest BCUT2D eigenvalue weighted by Gasteiger charge is 2.37. The minimum Gasteiger partial charge on any atom is -0.480 e. The Labute approximate surface area is 165 Å². The van der Waals surface area contributed by atoms with Crippen LogP contribution < -0.4 is 0 Å². The zero-order chi connectivity index (χ0) is 19.5. The van der Waals surface area contributed by atoms with Crippen LogP contribution in [0.1, 0.15) is 35.7 Å². The zero-order valence-corrected chi connectivity index (χ0v) is 16.0. The van der Waals surface area contributed by atoms with Crippen molar-refractivity contribution in [2.45, 2.75) is 31.8 Å². The van der Waals surface area contributed by atoms with Gasteiger partial charge in [-0.3, -0.25) is 14.7 Å². The first-order valence-corrected chi connectivity index (χ1v) is 9.70. The van der Waals surface area contributed by atoms with Crippen LogP contribution in [0.3, 0.4) is 0 Å². The van der Waals surface area contributed by atoms with Gasteiger partial charge in [0.1, 0.15) is 6.04 Å². The largest absolute Gasteiger partial charge is 0.480 e. The Balaban J connectivity index is 1.73. The molecular formula is C24H24N2O2. The van der Waals surface area contributed by atoms with Gasteiger partial charge in [0.15, 0.2) is 0 Å². The van der Waals surface area contributed by atoms with Gasteiger partial charge in [-0.05, 0) is 48.1 Å². The number of carboxylic acid groups (broad SMARTS) is 1. The van der Waals surface area contributed by atoms with E-state index in [4.69, 9.17) is 0 Å². The maximum Gasteiger partial charge on any atom is 0.320 e. The van der Waals surface area contributed by atoms with E-state index in [1.165, 1.54) is 5.56 Å². The minimum absolute atomic E-state index is 0.158. The van der Waals surface area contributed by atoms with E-state index in [1.807, 2.05) is 43.5 Å². The number of benzene rings is 2. The molecule has 4 nitrogen and oxygen atoms in total. The van der Waals surface area contributed by atoms with Crippen LogP contribution in [0.4, 0.5) is 0 Å². The molecule has 1 aliphatic rings. The summed E-state index contributed by atoms with van der Waals surface area (Å²) in [5.74, 6) is -0.754. The normalized spacial score (nSPS) is 18.1. The standard InChI is InChI=1S/C24H24N2O2/c1-17-9-14-21(25-16-17)23(26-15-5-8-22(26)24(27)28)20-12-10-19(11-13-20)18-6-3-2-4-7-18/h2-4,6-7,9-14,16,22-23H,5,8,15H2,1H3,(H,27,28). The molecule has 0 bridgehead atoms. The summed E-state index contributed by atoms with van der Waals surface area (Å²) in [6, 6.07) is 22.1. The quantitative estimate of drug-likeness (QED) is 0.706. The van der Waals surface area contributed by atoms with Crippen LogP contribution >= 0.6 is 0 Å². The van der Waals surface area contributed by atoms with E-state index in [0.29, 0.717) is 6.42 Å². The molecule has 0 amide bonds. The Morgan fingerprint density at radius 1 is 1.04 bits per heavy atom. The Hall–Kier alpha value is -2.98. The van der Waals surface area contributed by atoms with Crippen molar-refractivity contribution in [1.29, 1.82) is 0 Å². The highest BCUT2D eigenvalue weighted by Crippen LogP contribution is 2.35. The van der Waals surface area contributed by atoms with Crippen LogP contribution in [-0.4, -0.2) is 33.5 Å². The van der Waals surface area contributed by atoms with Crippen molar-refractivity contribution in [3.63, 3.8) is 0 Å². The fourth-order valence-electron chi connectivity index (χ4n) is 4.02. The van der Waals surface area contributed by atoms with Gasteiger partial charge in [0, 0.05) is 12.7 Å². The van der Waals surface area contributed by atoms with Gasteiger partial charge in [0.25, 0.3) is 0 Å². The second kappa shape index (κ2) is 7.95. The van der Waals surface area contributed by atoms with Gasteiger partial charge in [-0.15, -0.1) is 0 Å². The number of aliphatic carboxylic acids is 1. The molecule has 1 N–H and O–H groups in total. The van der Waals surface area contributed by atoms with Gasteiger partial charge < -0.3 is 5.11 Å². The Kier molecular flexibility index (Phi) is 5.22. The lowest BCUT2D eigenvalue weighted by Crippen LogP contribution is -2.39. The SMILES string of the molecule is Cc1ccc(C(c2ccc(-c3ccccc3)cc2)N2CCCC2C(=O)O)nc1. The number of carbonyl (C=O) groups is 1. The van der Waals surface area contributed by atoms with Gasteiger partial charge in [0.05, 0.1) is 11.7 Å². The lowest BCUT2D eigenvalue weighted by atomic mass is 9.97. The maximum absolute atomic E-state index is 11.8. The van der Waals surface area contributed by atoms with Gasteiger partial charge >= 0.3 is 5.97 Å². The molecule has 1 saturated heterocycles. The molecule has 3 aromatic rings. The smallest absolute Gasteiger partial charge is 0.320 e. The van der Waals surface area contributed by atoms with Crippen molar-refractivity contribution >= 4 is 5.97 Å². The number of nitrogens with zero attached hydrogens (tertiary/aromatic N) is 2. The van der Waals surface area contributed by atoms with Gasteiger partial charge in [-0.2, -0.15) is 0 Å². The third-order valence-electron chi connectivity index (χ3n) is 5.46. The molecule has 2 unspecified atom stereocenters. The highest BCUT2D eigenvalue weighted by atomic mass is 16.4. The molecule has 28 heavy (non-hydrogen) atoms. The third-order valence-corrected chi connectivity index (χ3v) is 5.46. The lowest BCUT2D eigenvalue weighted by molar-refractivity contribution is -0.142. The number of hydrogen-bond acceptors (Lipinski definition) is 3. The Bertz CT molecular complexity index is 937. The van der Waals surface area contributed by atoms with Crippen LogP contribution in [0, 0.1) is 6.92 Å². The van der Waals surface area contributed by atoms with Gasteiger partial charge in [-0.1, -0.05) is 60.7 Å². The molecule has 0 spiro atoms. The van der Waals surface area contributed by atoms with Crippen LogP contribution in [0.25, 0.3) is 11.1 Å². The summed E-state index contributed by atoms with van der Waals surface area (Å²) >= 11 is 0. The summed E-state index contributed by atoms with van der Waals surface area (Å²) in [5.41, 5.74) is 5.38. The Morgan fingerprint density at radius 3 is 2.39 bits per heavy atom. The fourth-order valence-corrected chi connectivity index (χ4v) is 4.02. The van der Waals surface area contributed by atoms with Crippen molar-refractivity contribution in [2.24, 2.45) is 0 Å². The molecule has 4 rings (SSSR count). The number of rotatable bonds is 5. The molecule has 2 atom stereocenters. The van der Waals surface area contributed by atoms with Crippen molar-refractivity contribution < 1.29 is 9.90 Å². The van der Waals surface area contributed by atoms with E-state index in [2.05, 4.69) is 46.3 Å². The van der Waals surface area contributed by atoms with E-state index >= 15 is 0 Å². The van der Waals surface area contributed by atoms with Crippen LogP contribution in [0.2, 0.25) is 0 Å². The van der Waals surface area contributed by atoms with Crippen molar-refractivity contribution in [3.05, 3.63) is 89.7 Å². The molecule has 1 aliphatic heterocycles. The Morgan fingerprint density at radius 2 is 1.75 bits per heavy atom. The first-order valence-electron chi connectivity index (χ1n) is 9.70. The zero-order valence-electron chi connectivity index (χ0n) is 16.0. The van der Waals surface area contributed by atoms with Gasteiger partial charge in [0.2, 0.25) is 0 Å². The summed E-state index contributed by atoms with van der Waals surface area (Å²) < 4.78 is 0. The van der Waals surface area contributed by atoms with E-state index in [1.54, 1.807) is 0 Å². The van der Waals surface area contributed by atoms with Crippen LogP contribution in [0.15, 0.2) is 72.9 Å². The second-order valence-electron chi connectivity index (χ2n) is 7.39. The molecule has 1 aromatic heterocycles. The van der Waals surface area contributed by atoms with Gasteiger partial charge in [-0.25, -0.2) is 0 Å². The molecule has 142 valence electrons. The third kappa shape index (κ3) is 3.69. The average Bonchev–Trinajstić information content (AvgIpc) is 3.21. The molecule has 0 radical (unpaired) electrons. The fraction of sp³-hybridized carbons (Fsp3) is 0.250. The summed E-state index contributed by atoms with van der Waals surface area (Å²) in [5, 5.41) is 9.70. The average molecular weight is 372 g/mol. The first-order chi connectivity index (χ1) is 13.6. The second-order valence-corrected chi connectivity index (χ2v) is 7.39. The molecule has 1 fully saturated rings. The summed E-state index contributed by atoms with van der Waals surface area (Å²) in [7, 11) is 0. The number of aromatic nitrogens is 1. The number of hydrogen-bond donors (Lipinski definition) is 1. The number of pyridine rings is 1. The molecule has 4 heteroatoms. The molecule has 2 heterocycles. The van der Waals surface area contributed by atoms with Crippen molar-refractivity contribution in [2.75, 3.05) is 6.54 Å². The van der Waals surface area contributed by atoms with Crippen LogP contribution in [0.5, 0.6) is 0 Å². The number of likely N-dealkylation sites (tertiary alicyclic amines) is 1. The predicted molar refractivity (Wildman–Crippen MR) is 110 cm³/mol. The van der Waals surface area contributed by atoms with E-state index in [0.717, 1.165) is 35.3 Å². The molecule has 0 saturated carbocycles. The van der Waals surface area contributed by atoms with E-state index in [9.17, 15) is 9.90 Å². The highest BCUT2D eigenvalue weighted by molar-refractivity contribution is 5.74. The minimum atomic E-state index is -0.754. The summed E-state index contributed by atoms with van der Waals surface area (Å²) in [4.78, 5) is 18.5. The summed E-state index contributed by atoms with van der Waals surface area (Å²) in [6.07, 6.45) is 3.42. The molecule has 0 aliphatic carbocycles. The van der Waals surface area contributed by atoms with E-state index in [-0.39, 0.29) is 6.04 Å². The molecule has 2 aromatic carbocycles. The monoisotopic (exact) mass is 372 g/mol. The number of carboxylic acids is 1. The van der Waals surface area contributed by atoms with Crippen molar-refractivity contribution in [3.8, 4) is 11.1 Å². The predicted octanol–water partition coefficient (Wildman–Crippen LogP) is 4.70. The lowest BCUT2D eigenvalue weighted by Gasteiger charge is -2.31. The number of aryl methyl sites for hydroxylation is 1.